The molecule has 2 rings (SSSR count). The van der Waals surface area contributed by atoms with Gasteiger partial charge in [-0.1, -0.05) is 0 Å². The maximum absolute atomic E-state index is 12.9. The molecule has 1 heterocycles. The van der Waals surface area contributed by atoms with Crippen molar-refractivity contribution in [3.63, 3.8) is 0 Å². The van der Waals surface area contributed by atoms with E-state index in [9.17, 15) is 18.0 Å². The fourth-order valence-electron chi connectivity index (χ4n) is 1.47. The molecule has 0 bridgehead atoms. The van der Waals surface area contributed by atoms with Crippen molar-refractivity contribution in [3.8, 4) is 0 Å². The topological polar surface area (TPSA) is 39.2 Å². The number of rotatable bonds is 1. The van der Waals surface area contributed by atoms with Gasteiger partial charge in [-0.25, -0.2) is 0 Å². The van der Waals surface area contributed by atoms with Crippen LogP contribution in [-0.4, -0.2) is 34.9 Å². The van der Waals surface area contributed by atoms with Crippen LogP contribution in [0.5, 0.6) is 0 Å². The summed E-state index contributed by atoms with van der Waals surface area (Å²) in [5, 5.41) is 0. The molecule has 0 amide bonds. The van der Waals surface area contributed by atoms with Gasteiger partial charge < -0.3 is 0 Å². The third-order valence-corrected chi connectivity index (χ3v) is 3.80. The number of hydrogen-bond donors (Lipinski definition) is 0. The number of hydrogen-bond acceptors (Lipinski definition) is 4. The second-order valence-electron chi connectivity index (χ2n) is 3.36. The van der Waals surface area contributed by atoms with Crippen LogP contribution in [0, 0.1) is 0 Å². The predicted molar refractivity (Wildman–Crippen MR) is 61.3 cm³/mol. The normalized spacial score (nSPS) is 11.8. The van der Waals surface area contributed by atoms with E-state index in [2.05, 4.69) is 26.6 Å². The summed E-state index contributed by atoms with van der Waals surface area (Å²) in [7, 11) is 1.12. The van der Waals surface area contributed by atoms with Gasteiger partial charge >= 0.3 is 112 Å². The van der Waals surface area contributed by atoms with Crippen molar-refractivity contribution in [1.29, 1.82) is 0 Å². The van der Waals surface area contributed by atoms with Crippen LogP contribution >= 0.6 is 11.3 Å². The Morgan fingerprint density at radius 3 is 2.67 bits per heavy atom. The molecular formula is C10H5AsF3NO2S. The van der Waals surface area contributed by atoms with Crippen LogP contribution in [0.2, 0.25) is 0 Å². The van der Waals surface area contributed by atoms with Gasteiger partial charge in [0, 0.05) is 0 Å². The Morgan fingerprint density at radius 1 is 1.44 bits per heavy atom. The van der Waals surface area contributed by atoms with Crippen LogP contribution in [-0.2, 0) is 10.9 Å². The van der Waals surface area contributed by atoms with Gasteiger partial charge in [-0.15, -0.1) is 0 Å². The van der Waals surface area contributed by atoms with Crippen molar-refractivity contribution in [3.05, 3.63) is 23.3 Å². The summed E-state index contributed by atoms with van der Waals surface area (Å²) in [6.45, 7) is 0. The minimum absolute atomic E-state index is 0.131. The molecule has 8 heteroatoms. The molecule has 18 heavy (non-hydrogen) atoms. The molecule has 0 unspecified atom stereocenters. The van der Waals surface area contributed by atoms with Gasteiger partial charge in [-0.05, 0) is 0 Å². The first kappa shape index (κ1) is 13.4. The van der Waals surface area contributed by atoms with Crippen molar-refractivity contribution >= 4 is 48.2 Å². The molecule has 0 aliphatic heterocycles. The Labute approximate surface area is 112 Å². The van der Waals surface area contributed by atoms with Gasteiger partial charge in [0.15, 0.2) is 0 Å². The molecule has 2 aromatic rings. The predicted octanol–water partition coefficient (Wildman–Crippen LogP) is 1.90. The number of ether oxygens (including phenoxy) is 1. The van der Waals surface area contributed by atoms with E-state index < -0.39 is 17.7 Å². The Hall–Kier alpha value is -1.07. The SMILES string of the molecule is COC(=O)c1cc(C(F)(F)F)c2nc([As])sc2c1. The second kappa shape index (κ2) is 4.55. The van der Waals surface area contributed by atoms with Gasteiger partial charge in [0.25, 0.3) is 0 Å². The van der Waals surface area contributed by atoms with Crippen molar-refractivity contribution in [2.75, 3.05) is 7.11 Å². The third kappa shape index (κ3) is 2.37. The van der Waals surface area contributed by atoms with Gasteiger partial charge in [0.1, 0.15) is 0 Å². The summed E-state index contributed by atoms with van der Waals surface area (Å²) >= 11 is 3.16. The average Bonchev–Trinajstić information content (AvgIpc) is 2.65. The van der Waals surface area contributed by atoms with Crippen molar-refractivity contribution in [2.24, 2.45) is 0 Å². The Balaban J connectivity index is 2.76. The minimum atomic E-state index is -4.56. The van der Waals surface area contributed by atoms with E-state index in [1.807, 2.05) is 0 Å². The summed E-state index contributed by atoms with van der Waals surface area (Å²) in [4.78, 5) is 15.2. The molecule has 1 aromatic carbocycles. The van der Waals surface area contributed by atoms with Crippen LogP contribution in [0.3, 0.4) is 0 Å². The zero-order valence-electron chi connectivity index (χ0n) is 8.91. The van der Waals surface area contributed by atoms with Crippen LogP contribution in [0.1, 0.15) is 15.9 Å². The molecule has 1 aromatic heterocycles. The molecule has 0 fully saturated rings. The van der Waals surface area contributed by atoms with Gasteiger partial charge in [0.2, 0.25) is 0 Å². The summed E-state index contributed by atoms with van der Waals surface area (Å²) in [6, 6.07) is 2.12. The average molecular weight is 335 g/mol. The van der Waals surface area contributed by atoms with E-state index in [0.29, 0.717) is 8.50 Å². The monoisotopic (exact) mass is 335 g/mol. The first-order chi connectivity index (χ1) is 8.32. The van der Waals surface area contributed by atoms with E-state index in [1.54, 1.807) is 0 Å². The number of halogens is 3. The van der Waals surface area contributed by atoms with Crippen molar-refractivity contribution in [2.45, 2.75) is 6.18 Å². The second-order valence-corrected chi connectivity index (χ2v) is 5.93. The number of aromatic nitrogens is 1. The zero-order valence-corrected chi connectivity index (χ0v) is 11.6. The number of methoxy groups -OCH3 is 1. The number of benzene rings is 1. The summed E-state index contributed by atoms with van der Waals surface area (Å²) in [6.07, 6.45) is -4.56. The Bertz CT molecular complexity index is 623. The fourth-order valence-corrected chi connectivity index (χ4v) is 3.07. The van der Waals surface area contributed by atoms with Gasteiger partial charge in [-0.2, -0.15) is 0 Å². The number of thiazole rings is 1. The number of fused-ring (bicyclic) bond motifs is 1. The molecule has 3 nitrogen and oxygen atoms in total. The van der Waals surface area contributed by atoms with E-state index in [0.717, 1.165) is 24.5 Å². The van der Waals surface area contributed by atoms with Crippen LogP contribution in [0.4, 0.5) is 13.2 Å². The van der Waals surface area contributed by atoms with E-state index >= 15 is 0 Å². The third-order valence-electron chi connectivity index (χ3n) is 2.21. The number of esters is 1. The standard InChI is InChI=1S/C10H5AsF3NO2S/c1-17-8(16)4-2-5(10(12,13)14)7-6(3-4)18-9(11)15-7/h2-3H,1H3. The number of carbonyl (C=O) groups excluding carboxylic acids is 1. The van der Waals surface area contributed by atoms with Crippen LogP contribution in [0.25, 0.3) is 10.2 Å². The molecule has 0 saturated carbocycles. The molecule has 94 valence electrons. The first-order valence-corrected chi connectivity index (χ1v) is 6.37. The van der Waals surface area contributed by atoms with Crippen LogP contribution < -0.4 is 3.80 Å². The number of nitrogens with zero attached hydrogens (tertiary/aromatic N) is 1. The molecule has 0 aliphatic rings. The zero-order chi connectivity index (χ0) is 13.5. The number of alkyl halides is 3. The molecule has 0 aliphatic carbocycles. The summed E-state index contributed by atoms with van der Waals surface area (Å²) < 4.78 is 43.8. The quantitative estimate of drug-likeness (QED) is 0.590. The number of carbonyl (C=O) groups is 1. The van der Waals surface area contributed by atoms with E-state index in [1.165, 1.54) is 6.07 Å². The van der Waals surface area contributed by atoms with E-state index in [-0.39, 0.29) is 11.1 Å². The Kier molecular flexibility index (Phi) is 3.38. The summed E-state index contributed by atoms with van der Waals surface area (Å²) in [5.74, 6) is -0.803. The Morgan fingerprint density at radius 2 is 2.11 bits per heavy atom. The van der Waals surface area contributed by atoms with Crippen molar-refractivity contribution < 1.29 is 22.7 Å². The fraction of sp³-hybridized carbons (Fsp3) is 0.200. The molecule has 0 atom stereocenters. The molecule has 0 spiro atoms. The summed E-state index contributed by atoms with van der Waals surface area (Å²) in [5.41, 5.74) is -1.20. The van der Waals surface area contributed by atoms with Crippen LogP contribution in [0.15, 0.2) is 12.1 Å². The maximum atomic E-state index is 12.9. The van der Waals surface area contributed by atoms with Crippen molar-refractivity contribution in [1.82, 2.24) is 4.98 Å². The molecular weight excluding hydrogens is 330 g/mol. The molecule has 0 saturated heterocycles. The van der Waals surface area contributed by atoms with E-state index in [4.69, 9.17) is 0 Å². The van der Waals surface area contributed by atoms with Gasteiger partial charge in [-0.3, -0.25) is 0 Å². The molecule has 0 N–H and O–H groups in total. The van der Waals surface area contributed by atoms with Gasteiger partial charge in [0.05, 0.1) is 0 Å². The molecule has 2 radical (unpaired) electrons. The first-order valence-electron chi connectivity index (χ1n) is 4.62.